The largest absolute Gasteiger partial charge is 0.465 e. The number of nitrogens with zero attached hydrogens (tertiary/aromatic N) is 3. The van der Waals surface area contributed by atoms with Gasteiger partial charge in [-0.3, -0.25) is 14.3 Å². The van der Waals surface area contributed by atoms with Crippen LogP contribution >= 0.6 is 11.3 Å². The number of aromatic nitrogens is 2. The quantitative estimate of drug-likeness (QED) is 0.792. The van der Waals surface area contributed by atoms with Gasteiger partial charge in [0, 0.05) is 19.0 Å². The van der Waals surface area contributed by atoms with Gasteiger partial charge in [-0.05, 0) is 26.8 Å². The minimum atomic E-state index is -0.383. The lowest BCUT2D eigenvalue weighted by molar-refractivity contribution is -0.143. The second-order valence-electron chi connectivity index (χ2n) is 4.66. The SMILES string of the molecule is CCOC(=O)CN(CC)C(=O)c1cc2c(C)nn(C)c2s1. The Labute approximate surface area is 127 Å². The zero-order valence-corrected chi connectivity index (χ0v) is 13.5. The Balaban J connectivity index is 2.23. The molecule has 0 unspecified atom stereocenters. The van der Waals surface area contributed by atoms with Crippen LogP contribution < -0.4 is 0 Å². The molecule has 7 heteroatoms. The van der Waals surface area contributed by atoms with Gasteiger partial charge >= 0.3 is 5.97 Å². The van der Waals surface area contributed by atoms with Crippen molar-refractivity contribution in [3.05, 3.63) is 16.6 Å². The van der Waals surface area contributed by atoms with Crippen molar-refractivity contribution in [3.63, 3.8) is 0 Å². The summed E-state index contributed by atoms with van der Waals surface area (Å²) in [6, 6.07) is 1.85. The normalized spacial score (nSPS) is 10.9. The van der Waals surface area contributed by atoms with E-state index in [1.807, 2.05) is 27.0 Å². The molecule has 0 saturated heterocycles. The molecule has 2 aromatic rings. The zero-order valence-electron chi connectivity index (χ0n) is 12.7. The van der Waals surface area contributed by atoms with Crippen molar-refractivity contribution in [2.45, 2.75) is 20.8 Å². The fraction of sp³-hybridized carbons (Fsp3) is 0.500. The summed E-state index contributed by atoms with van der Waals surface area (Å²) < 4.78 is 6.67. The summed E-state index contributed by atoms with van der Waals surface area (Å²) in [4.78, 5) is 27.1. The average molecular weight is 309 g/mol. The Bertz CT molecular complexity index is 640. The van der Waals surface area contributed by atoms with E-state index in [4.69, 9.17) is 4.74 Å². The number of esters is 1. The fourth-order valence-corrected chi connectivity index (χ4v) is 3.25. The highest BCUT2D eigenvalue weighted by molar-refractivity contribution is 7.20. The van der Waals surface area contributed by atoms with Crippen molar-refractivity contribution in [1.29, 1.82) is 0 Å². The fourth-order valence-electron chi connectivity index (χ4n) is 2.16. The number of likely N-dealkylation sites (N-methyl/N-ethyl adjacent to an activating group) is 1. The van der Waals surface area contributed by atoms with Gasteiger partial charge in [-0.2, -0.15) is 5.10 Å². The Morgan fingerprint density at radius 2 is 2.14 bits per heavy atom. The third-order valence-electron chi connectivity index (χ3n) is 3.20. The Kier molecular flexibility index (Phi) is 4.62. The van der Waals surface area contributed by atoms with Gasteiger partial charge in [-0.15, -0.1) is 11.3 Å². The van der Waals surface area contributed by atoms with Crippen LogP contribution in [0.5, 0.6) is 0 Å². The van der Waals surface area contributed by atoms with Crippen LogP contribution in [0.1, 0.15) is 29.2 Å². The van der Waals surface area contributed by atoms with E-state index in [-0.39, 0.29) is 18.4 Å². The molecule has 0 aliphatic carbocycles. The number of thiophene rings is 1. The molecule has 0 atom stereocenters. The van der Waals surface area contributed by atoms with Gasteiger partial charge < -0.3 is 9.64 Å². The molecule has 21 heavy (non-hydrogen) atoms. The molecule has 0 aliphatic rings. The van der Waals surface area contributed by atoms with Crippen LogP contribution in [-0.4, -0.2) is 46.3 Å². The predicted molar refractivity (Wildman–Crippen MR) is 81.5 cm³/mol. The molecule has 6 nitrogen and oxygen atoms in total. The number of rotatable bonds is 5. The molecule has 2 heterocycles. The summed E-state index contributed by atoms with van der Waals surface area (Å²) in [5.41, 5.74) is 0.899. The molecule has 1 amide bonds. The zero-order chi connectivity index (χ0) is 15.6. The van der Waals surface area contributed by atoms with Crippen molar-refractivity contribution >= 4 is 33.4 Å². The molecule has 0 radical (unpaired) electrons. The summed E-state index contributed by atoms with van der Waals surface area (Å²) in [6.07, 6.45) is 0. The molecule has 0 saturated carbocycles. The van der Waals surface area contributed by atoms with Crippen LogP contribution in [0.2, 0.25) is 0 Å². The van der Waals surface area contributed by atoms with Crippen LogP contribution in [0.15, 0.2) is 6.07 Å². The summed E-state index contributed by atoms with van der Waals surface area (Å²) >= 11 is 1.39. The summed E-state index contributed by atoms with van der Waals surface area (Å²) in [6.45, 7) is 6.27. The van der Waals surface area contributed by atoms with Crippen LogP contribution in [0.25, 0.3) is 10.2 Å². The van der Waals surface area contributed by atoms with Gasteiger partial charge in [-0.1, -0.05) is 0 Å². The summed E-state index contributed by atoms with van der Waals surface area (Å²) in [5.74, 6) is -0.530. The van der Waals surface area contributed by atoms with Gasteiger partial charge in [-0.25, -0.2) is 0 Å². The molecular weight excluding hydrogens is 290 g/mol. The maximum atomic E-state index is 12.5. The van der Waals surface area contributed by atoms with Crippen LogP contribution in [0.3, 0.4) is 0 Å². The maximum absolute atomic E-state index is 12.5. The molecule has 0 spiro atoms. The number of hydrogen-bond acceptors (Lipinski definition) is 5. The molecule has 0 fully saturated rings. The lowest BCUT2D eigenvalue weighted by Gasteiger charge is -2.18. The molecule has 2 aromatic heterocycles. The van der Waals surface area contributed by atoms with Crippen molar-refractivity contribution in [2.75, 3.05) is 19.7 Å². The first-order valence-corrected chi connectivity index (χ1v) is 7.67. The van der Waals surface area contributed by atoms with Gasteiger partial charge in [0.1, 0.15) is 11.4 Å². The molecule has 2 rings (SSSR count). The third-order valence-corrected chi connectivity index (χ3v) is 4.39. The molecule has 0 N–H and O–H groups in total. The first-order chi connectivity index (χ1) is 9.97. The first-order valence-electron chi connectivity index (χ1n) is 6.85. The Hall–Kier alpha value is -1.89. The van der Waals surface area contributed by atoms with Crippen molar-refractivity contribution in [3.8, 4) is 0 Å². The monoisotopic (exact) mass is 309 g/mol. The number of amides is 1. The Morgan fingerprint density at radius 3 is 2.71 bits per heavy atom. The minimum absolute atomic E-state index is 0.0192. The van der Waals surface area contributed by atoms with E-state index in [9.17, 15) is 9.59 Å². The van der Waals surface area contributed by atoms with E-state index in [1.165, 1.54) is 16.2 Å². The highest BCUT2D eigenvalue weighted by Gasteiger charge is 2.21. The predicted octanol–water partition coefficient (Wildman–Crippen LogP) is 1.97. The second-order valence-corrected chi connectivity index (χ2v) is 5.69. The molecular formula is C14H19N3O3S. The number of ether oxygens (including phenoxy) is 1. The number of carbonyl (C=O) groups is 2. The van der Waals surface area contributed by atoms with E-state index in [0.29, 0.717) is 18.0 Å². The van der Waals surface area contributed by atoms with Crippen molar-refractivity contribution < 1.29 is 14.3 Å². The average Bonchev–Trinajstić information content (AvgIpc) is 2.98. The van der Waals surface area contributed by atoms with E-state index in [0.717, 1.165) is 15.9 Å². The van der Waals surface area contributed by atoms with Crippen molar-refractivity contribution in [2.24, 2.45) is 7.05 Å². The highest BCUT2D eigenvalue weighted by Crippen LogP contribution is 2.28. The van der Waals surface area contributed by atoms with Crippen molar-refractivity contribution in [1.82, 2.24) is 14.7 Å². The second kappa shape index (κ2) is 6.26. The number of aryl methyl sites for hydroxylation is 2. The minimum Gasteiger partial charge on any atom is -0.465 e. The maximum Gasteiger partial charge on any atom is 0.325 e. The van der Waals surface area contributed by atoms with Crippen LogP contribution in [0.4, 0.5) is 0 Å². The van der Waals surface area contributed by atoms with E-state index < -0.39 is 0 Å². The number of fused-ring (bicyclic) bond motifs is 1. The lowest BCUT2D eigenvalue weighted by atomic mass is 10.3. The Morgan fingerprint density at radius 1 is 1.43 bits per heavy atom. The number of hydrogen-bond donors (Lipinski definition) is 0. The summed E-state index contributed by atoms with van der Waals surface area (Å²) in [7, 11) is 1.86. The third kappa shape index (κ3) is 3.07. The van der Waals surface area contributed by atoms with Gasteiger partial charge in [0.05, 0.1) is 17.2 Å². The van der Waals surface area contributed by atoms with Gasteiger partial charge in [0.25, 0.3) is 5.91 Å². The smallest absolute Gasteiger partial charge is 0.325 e. The standard InChI is InChI=1S/C14H19N3O3S/c1-5-17(8-12(18)20-6-2)13(19)11-7-10-9(3)15-16(4)14(10)21-11/h7H,5-6,8H2,1-4H3. The molecule has 0 bridgehead atoms. The van der Waals surface area contributed by atoms with E-state index >= 15 is 0 Å². The van der Waals surface area contributed by atoms with Gasteiger partial charge in [0.15, 0.2) is 0 Å². The summed E-state index contributed by atoms with van der Waals surface area (Å²) in [5, 5.41) is 5.30. The molecule has 0 aliphatic heterocycles. The van der Waals surface area contributed by atoms with Gasteiger partial charge in [0.2, 0.25) is 0 Å². The topological polar surface area (TPSA) is 64.4 Å². The molecule has 0 aromatic carbocycles. The first kappa shape index (κ1) is 15.5. The van der Waals surface area contributed by atoms with E-state index in [2.05, 4.69) is 5.10 Å². The lowest BCUT2D eigenvalue weighted by Crippen LogP contribution is -2.35. The van der Waals surface area contributed by atoms with E-state index in [1.54, 1.807) is 11.6 Å². The highest BCUT2D eigenvalue weighted by atomic mass is 32.1. The molecule has 114 valence electrons. The number of carbonyl (C=O) groups excluding carboxylic acids is 2. The van der Waals surface area contributed by atoms with Crippen LogP contribution in [0, 0.1) is 6.92 Å². The van der Waals surface area contributed by atoms with Crippen LogP contribution in [-0.2, 0) is 16.6 Å².